The Balaban J connectivity index is 1.32. The lowest BCUT2D eigenvalue weighted by atomic mass is 10.2. The van der Waals surface area contributed by atoms with Crippen molar-refractivity contribution in [1.82, 2.24) is 25.0 Å². The van der Waals surface area contributed by atoms with E-state index in [1.165, 1.54) is 23.5 Å². The third-order valence-corrected chi connectivity index (χ3v) is 7.75. The van der Waals surface area contributed by atoms with E-state index in [4.69, 9.17) is 23.2 Å². The molecule has 1 aromatic heterocycles. The van der Waals surface area contributed by atoms with Crippen molar-refractivity contribution in [3.8, 4) is 0 Å². The topological polar surface area (TPSA) is 83.4 Å². The molecule has 11 heteroatoms. The SMILES string of the molecule is CCn1c(SCC(=O)N2CCN(c3ccccc3)CC2)nnc1[C@H](C)NC(=O)c1ccc(Cl)c(Cl)c1. The van der Waals surface area contributed by atoms with Gasteiger partial charge in [0.25, 0.3) is 5.91 Å². The van der Waals surface area contributed by atoms with Crippen LogP contribution in [0, 0.1) is 0 Å². The Morgan fingerprint density at radius 2 is 1.75 bits per heavy atom. The van der Waals surface area contributed by atoms with Crippen molar-refractivity contribution >= 4 is 52.5 Å². The highest BCUT2D eigenvalue weighted by Gasteiger charge is 2.24. The van der Waals surface area contributed by atoms with Crippen LogP contribution in [0.4, 0.5) is 5.69 Å². The summed E-state index contributed by atoms with van der Waals surface area (Å²) in [5.74, 6) is 0.706. The van der Waals surface area contributed by atoms with Crippen molar-refractivity contribution in [3.05, 3.63) is 70.0 Å². The van der Waals surface area contributed by atoms with Gasteiger partial charge < -0.3 is 19.7 Å². The molecular weight excluding hydrogens is 519 g/mol. The molecule has 2 amide bonds. The number of nitrogens with zero attached hydrogens (tertiary/aromatic N) is 5. The van der Waals surface area contributed by atoms with Gasteiger partial charge in [0.05, 0.1) is 21.8 Å². The monoisotopic (exact) mass is 546 g/mol. The van der Waals surface area contributed by atoms with E-state index in [2.05, 4.69) is 32.5 Å². The maximum absolute atomic E-state index is 12.9. The van der Waals surface area contributed by atoms with Crippen LogP contribution in [-0.2, 0) is 11.3 Å². The molecule has 0 unspecified atom stereocenters. The molecule has 190 valence electrons. The van der Waals surface area contributed by atoms with E-state index >= 15 is 0 Å². The van der Waals surface area contributed by atoms with E-state index in [0.717, 1.165) is 13.1 Å². The third-order valence-electron chi connectivity index (χ3n) is 6.06. The average Bonchev–Trinajstić information content (AvgIpc) is 3.32. The summed E-state index contributed by atoms with van der Waals surface area (Å²) in [4.78, 5) is 29.7. The third kappa shape index (κ3) is 6.14. The van der Waals surface area contributed by atoms with Gasteiger partial charge in [-0.25, -0.2) is 0 Å². The van der Waals surface area contributed by atoms with Gasteiger partial charge in [0.1, 0.15) is 0 Å². The molecule has 1 fully saturated rings. The van der Waals surface area contributed by atoms with Gasteiger partial charge in [-0.15, -0.1) is 10.2 Å². The first-order chi connectivity index (χ1) is 17.4. The molecular formula is C25H28Cl2N6O2S. The van der Waals surface area contributed by atoms with Crippen molar-refractivity contribution in [2.45, 2.75) is 31.6 Å². The number of nitrogens with one attached hydrogen (secondary N) is 1. The molecule has 1 N–H and O–H groups in total. The van der Waals surface area contributed by atoms with Crippen molar-refractivity contribution in [2.24, 2.45) is 0 Å². The minimum atomic E-state index is -0.393. The average molecular weight is 548 g/mol. The summed E-state index contributed by atoms with van der Waals surface area (Å²) in [5, 5.41) is 12.9. The standard InChI is InChI=1S/C25H28Cl2N6O2S/c1-3-33-23(17(2)28-24(35)18-9-10-20(26)21(27)15-18)29-30-25(33)36-16-22(34)32-13-11-31(12-14-32)19-7-5-4-6-8-19/h4-10,15,17H,3,11-14,16H2,1-2H3,(H,28,35)/t17-/m0/s1. The van der Waals surface area contributed by atoms with Crippen LogP contribution < -0.4 is 10.2 Å². The van der Waals surface area contributed by atoms with Gasteiger partial charge >= 0.3 is 0 Å². The number of thioether (sulfide) groups is 1. The largest absolute Gasteiger partial charge is 0.368 e. The number of para-hydroxylation sites is 1. The van der Waals surface area contributed by atoms with Crippen molar-refractivity contribution in [1.29, 1.82) is 0 Å². The maximum atomic E-state index is 12.9. The summed E-state index contributed by atoms with van der Waals surface area (Å²) in [6.07, 6.45) is 0. The first kappa shape index (κ1) is 26.3. The van der Waals surface area contributed by atoms with E-state index in [1.807, 2.05) is 41.5 Å². The second-order valence-corrected chi connectivity index (χ2v) is 10.2. The lowest BCUT2D eigenvalue weighted by Gasteiger charge is -2.36. The zero-order valence-corrected chi connectivity index (χ0v) is 22.5. The Kier molecular flexibility index (Phi) is 8.77. The quantitative estimate of drug-likeness (QED) is 0.417. The van der Waals surface area contributed by atoms with E-state index in [-0.39, 0.29) is 17.6 Å². The Morgan fingerprint density at radius 1 is 1.03 bits per heavy atom. The van der Waals surface area contributed by atoms with Crippen LogP contribution in [0.2, 0.25) is 10.0 Å². The summed E-state index contributed by atoms with van der Waals surface area (Å²) < 4.78 is 1.92. The number of halogens is 2. The molecule has 0 radical (unpaired) electrons. The van der Waals surface area contributed by atoms with Crippen LogP contribution in [0.3, 0.4) is 0 Å². The Hall–Kier alpha value is -2.75. The second kappa shape index (κ2) is 12.0. The van der Waals surface area contributed by atoms with Gasteiger partial charge in [-0.1, -0.05) is 53.2 Å². The molecule has 3 aromatic rings. The van der Waals surface area contributed by atoms with Gasteiger partial charge in [0.2, 0.25) is 5.91 Å². The fourth-order valence-electron chi connectivity index (χ4n) is 4.08. The molecule has 1 saturated heterocycles. The van der Waals surface area contributed by atoms with Crippen molar-refractivity contribution < 1.29 is 9.59 Å². The zero-order chi connectivity index (χ0) is 25.7. The van der Waals surface area contributed by atoms with Gasteiger partial charge in [0.15, 0.2) is 11.0 Å². The highest BCUT2D eigenvalue weighted by atomic mass is 35.5. The van der Waals surface area contributed by atoms with E-state index < -0.39 is 6.04 Å². The maximum Gasteiger partial charge on any atom is 0.251 e. The van der Waals surface area contributed by atoms with E-state index in [1.54, 1.807) is 12.1 Å². The number of piperazine rings is 1. The van der Waals surface area contributed by atoms with Crippen LogP contribution in [0.1, 0.15) is 36.1 Å². The number of anilines is 1. The summed E-state index contributed by atoms with van der Waals surface area (Å²) in [7, 11) is 0. The molecule has 2 heterocycles. The van der Waals surface area contributed by atoms with Crippen LogP contribution in [0.5, 0.6) is 0 Å². The van der Waals surface area contributed by atoms with Crippen LogP contribution in [-0.4, -0.2) is 63.4 Å². The van der Waals surface area contributed by atoms with Crippen molar-refractivity contribution in [3.63, 3.8) is 0 Å². The number of hydrogen-bond donors (Lipinski definition) is 1. The Morgan fingerprint density at radius 3 is 2.42 bits per heavy atom. The highest BCUT2D eigenvalue weighted by Crippen LogP contribution is 2.24. The summed E-state index contributed by atoms with van der Waals surface area (Å²) >= 11 is 13.4. The summed E-state index contributed by atoms with van der Waals surface area (Å²) in [6, 6.07) is 14.6. The van der Waals surface area contributed by atoms with Crippen molar-refractivity contribution in [2.75, 3.05) is 36.8 Å². The smallest absolute Gasteiger partial charge is 0.251 e. The number of amides is 2. The molecule has 0 aliphatic carbocycles. The lowest BCUT2D eigenvalue weighted by molar-refractivity contribution is -0.128. The molecule has 36 heavy (non-hydrogen) atoms. The molecule has 0 bridgehead atoms. The molecule has 0 spiro atoms. The van der Waals surface area contributed by atoms with Gasteiger partial charge in [-0.3, -0.25) is 9.59 Å². The number of aromatic nitrogens is 3. The Bertz CT molecular complexity index is 1210. The molecule has 1 aliphatic rings. The summed E-state index contributed by atoms with van der Waals surface area (Å²) in [6.45, 7) is 7.45. The van der Waals surface area contributed by atoms with E-state index in [9.17, 15) is 9.59 Å². The molecule has 1 atom stereocenters. The first-order valence-corrected chi connectivity index (χ1v) is 13.5. The predicted octanol–water partition coefficient (Wildman–Crippen LogP) is 4.54. The van der Waals surface area contributed by atoms with Crippen LogP contribution >= 0.6 is 35.0 Å². The second-order valence-electron chi connectivity index (χ2n) is 8.40. The van der Waals surface area contributed by atoms with Gasteiger partial charge in [-0.05, 0) is 44.2 Å². The van der Waals surface area contributed by atoms with Crippen LogP contribution in [0.15, 0.2) is 53.7 Å². The first-order valence-electron chi connectivity index (χ1n) is 11.8. The molecule has 8 nitrogen and oxygen atoms in total. The predicted molar refractivity (Wildman–Crippen MR) is 144 cm³/mol. The number of carbonyl (C=O) groups is 2. The minimum absolute atomic E-state index is 0.0842. The normalized spacial score (nSPS) is 14.6. The fraction of sp³-hybridized carbons (Fsp3) is 0.360. The summed E-state index contributed by atoms with van der Waals surface area (Å²) in [5.41, 5.74) is 1.59. The van der Waals surface area contributed by atoms with E-state index in [0.29, 0.717) is 46.2 Å². The molecule has 4 rings (SSSR count). The van der Waals surface area contributed by atoms with Gasteiger partial charge in [0, 0.05) is 44.0 Å². The number of benzene rings is 2. The van der Waals surface area contributed by atoms with Gasteiger partial charge in [-0.2, -0.15) is 0 Å². The Labute approximate surface area is 225 Å². The molecule has 2 aromatic carbocycles. The number of carbonyl (C=O) groups excluding carboxylic acids is 2. The highest BCUT2D eigenvalue weighted by molar-refractivity contribution is 7.99. The molecule has 0 saturated carbocycles. The lowest BCUT2D eigenvalue weighted by Crippen LogP contribution is -2.49. The number of hydrogen-bond acceptors (Lipinski definition) is 6. The fourth-order valence-corrected chi connectivity index (χ4v) is 5.29. The number of rotatable bonds is 8. The molecule has 1 aliphatic heterocycles. The van der Waals surface area contributed by atoms with Crippen LogP contribution in [0.25, 0.3) is 0 Å². The minimum Gasteiger partial charge on any atom is -0.368 e. The zero-order valence-electron chi connectivity index (χ0n) is 20.2.